The van der Waals surface area contributed by atoms with Gasteiger partial charge in [-0.25, -0.2) is 23.3 Å². The number of pyridine rings is 1. The molecule has 0 spiro atoms. The molecular formula is C18H15F2N5. The Morgan fingerprint density at radius 3 is 2.68 bits per heavy atom. The van der Waals surface area contributed by atoms with Gasteiger partial charge in [-0.3, -0.25) is 4.98 Å². The van der Waals surface area contributed by atoms with Crippen molar-refractivity contribution in [3.63, 3.8) is 0 Å². The number of rotatable bonds is 3. The molecular weight excluding hydrogens is 324 g/mol. The third kappa shape index (κ3) is 2.82. The first kappa shape index (κ1) is 15.6. The maximum atomic E-state index is 13.9. The maximum absolute atomic E-state index is 13.9. The minimum atomic E-state index is -0.653. The summed E-state index contributed by atoms with van der Waals surface area (Å²) in [6.45, 7) is 3.81. The first-order valence-corrected chi connectivity index (χ1v) is 7.94. The van der Waals surface area contributed by atoms with E-state index in [2.05, 4.69) is 20.1 Å². The molecule has 0 amide bonds. The molecule has 0 saturated carbocycles. The van der Waals surface area contributed by atoms with Gasteiger partial charge in [-0.15, -0.1) is 0 Å². The summed E-state index contributed by atoms with van der Waals surface area (Å²) in [5.41, 5.74) is 3.36. The summed E-state index contributed by atoms with van der Waals surface area (Å²) in [6.07, 6.45) is 2.89. The van der Waals surface area contributed by atoms with Crippen molar-refractivity contribution in [1.29, 1.82) is 0 Å². The van der Waals surface area contributed by atoms with Crippen LogP contribution in [0, 0.1) is 25.5 Å². The molecule has 0 unspecified atom stereocenters. The molecule has 126 valence electrons. The van der Waals surface area contributed by atoms with E-state index in [4.69, 9.17) is 0 Å². The van der Waals surface area contributed by atoms with Crippen LogP contribution in [-0.4, -0.2) is 24.6 Å². The molecule has 0 radical (unpaired) electrons. The molecule has 4 aromatic rings. The number of hydrogen-bond acceptors (Lipinski definition) is 4. The second-order valence-corrected chi connectivity index (χ2v) is 6.01. The monoisotopic (exact) mass is 339 g/mol. The van der Waals surface area contributed by atoms with Gasteiger partial charge >= 0.3 is 0 Å². The Balaban J connectivity index is 1.62. The van der Waals surface area contributed by atoms with Crippen LogP contribution in [0.15, 0.2) is 30.5 Å². The van der Waals surface area contributed by atoms with Gasteiger partial charge in [0.1, 0.15) is 11.3 Å². The lowest BCUT2D eigenvalue weighted by Crippen LogP contribution is -1.99. The van der Waals surface area contributed by atoms with E-state index < -0.39 is 11.6 Å². The van der Waals surface area contributed by atoms with E-state index in [-0.39, 0.29) is 5.52 Å². The Morgan fingerprint density at radius 2 is 1.88 bits per heavy atom. The van der Waals surface area contributed by atoms with Gasteiger partial charge in [-0.1, -0.05) is 6.07 Å². The zero-order chi connectivity index (χ0) is 17.6. The molecule has 5 nitrogen and oxygen atoms in total. The highest BCUT2D eigenvalue weighted by atomic mass is 19.1. The van der Waals surface area contributed by atoms with Crippen molar-refractivity contribution >= 4 is 16.6 Å². The Hall–Kier alpha value is -2.96. The standard InChI is InChI=1S/C18H15F2N5/c1-10-9-21-11(2)18-23-16(24-25(10)18)6-5-14-4-3-12-7-13(19)8-15(20)17(12)22-14/h3-4,7-9H,5-6H2,1-2H3. The molecule has 25 heavy (non-hydrogen) atoms. The SMILES string of the molecule is Cc1ncc(C)n2nc(CCc3ccc4cc(F)cc(F)c4n3)nc12. The zero-order valence-electron chi connectivity index (χ0n) is 13.8. The van der Waals surface area contributed by atoms with Crippen molar-refractivity contribution in [3.8, 4) is 0 Å². The summed E-state index contributed by atoms with van der Waals surface area (Å²) in [5, 5.41) is 4.94. The smallest absolute Gasteiger partial charge is 0.177 e. The van der Waals surface area contributed by atoms with Gasteiger partial charge in [0.2, 0.25) is 0 Å². The van der Waals surface area contributed by atoms with E-state index in [9.17, 15) is 8.78 Å². The molecule has 4 rings (SSSR count). The lowest BCUT2D eigenvalue weighted by atomic mass is 10.1. The predicted molar refractivity (Wildman–Crippen MR) is 89.3 cm³/mol. The van der Waals surface area contributed by atoms with Crippen LogP contribution in [0.2, 0.25) is 0 Å². The molecule has 0 atom stereocenters. The Kier molecular flexibility index (Phi) is 3.63. The van der Waals surface area contributed by atoms with Crippen LogP contribution >= 0.6 is 0 Å². The van der Waals surface area contributed by atoms with Crippen molar-refractivity contribution in [1.82, 2.24) is 24.6 Å². The number of hydrogen-bond donors (Lipinski definition) is 0. The normalized spacial score (nSPS) is 11.5. The van der Waals surface area contributed by atoms with Gasteiger partial charge in [-0.2, -0.15) is 5.10 Å². The van der Waals surface area contributed by atoms with Crippen LogP contribution in [0.25, 0.3) is 16.6 Å². The van der Waals surface area contributed by atoms with Gasteiger partial charge in [0, 0.05) is 29.8 Å². The molecule has 0 saturated heterocycles. The third-order valence-corrected chi connectivity index (χ3v) is 4.13. The Bertz CT molecular complexity index is 1060. The molecule has 3 aromatic heterocycles. The molecule has 0 N–H and O–H groups in total. The third-order valence-electron chi connectivity index (χ3n) is 4.13. The second-order valence-electron chi connectivity index (χ2n) is 6.01. The lowest BCUT2D eigenvalue weighted by Gasteiger charge is -2.03. The van der Waals surface area contributed by atoms with Crippen molar-refractivity contribution in [3.05, 3.63) is 65.0 Å². The fourth-order valence-electron chi connectivity index (χ4n) is 2.82. The zero-order valence-corrected chi connectivity index (χ0v) is 13.8. The predicted octanol–water partition coefficient (Wildman–Crippen LogP) is 3.35. The minimum Gasteiger partial charge on any atom is -0.256 e. The molecule has 1 aromatic carbocycles. The molecule has 3 heterocycles. The van der Waals surface area contributed by atoms with E-state index in [1.807, 2.05) is 13.8 Å². The summed E-state index contributed by atoms with van der Waals surface area (Å²) < 4.78 is 28.9. The highest BCUT2D eigenvalue weighted by molar-refractivity contribution is 5.79. The molecule has 0 aliphatic rings. The largest absolute Gasteiger partial charge is 0.256 e. The van der Waals surface area contributed by atoms with Gasteiger partial charge in [0.25, 0.3) is 0 Å². The average molecular weight is 339 g/mol. The van der Waals surface area contributed by atoms with E-state index in [1.165, 1.54) is 6.07 Å². The maximum Gasteiger partial charge on any atom is 0.177 e. The molecule has 0 bridgehead atoms. The summed E-state index contributed by atoms with van der Waals surface area (Å²) in [7, 11) is 0. The fraction of sp³-hybridized carbons (Fsp3) is 0.222. The number of nitrogens with zero attached hydrogens (tertiary/aromatic N) is 5. The van der Waals surface area contributed by atoms with E-state index in [0.717, 1.165) is 23.1 Å². The highest BCUT2D eigenvalue weighted by Crippen LogP contribution is 2.19. The summed E-state index contributed by atoms with van der Waals surface area (Å²) >= 11 is 0. The van der Waals surface area contributed by atoms with E-state index >= 15 is 0 Å². The van der Waals surface area contributed by atoms with Crippen molar-refractivity contribution in [2.75, 3.05) is 0 Å². The molecule has 0 aliphatic heterocycles. The van der Waals surface area contributed by atoms with Gasteiger partial charge in [0.15, 0.2) is 17.3 Å². The molecule has 0 fully saturated rings. The Morgan fingerprint density at radius 1 is 1.04 bits per heavy atom. The first-order valence-electron chi connectivity index (χ1n) is 7.94. The van der Waals surface area contributed by atoms with Crippen LogP contribution in [0.4, 0.5) is 8.78 Å². The summed E-state index contributed by atoms with van der Waals surface area (Å²) in [6, 6.07) is 5.58. The van der Waals surface area contributed by atoms with Crippen LogP contribution in [0.1, 0.15) is 22.9 Å². The van der Waals surface area contributed by atoms with Crippen LogP contribution < -0.4 is 0 Å². The number of fused-ring (bicyclic) bond motifs is 2. The average Bonchev–Trinajstić information content (AvgIpc) is 3.02. The van der Waals surface area contributed by atoms with Gasteiger partial charge < -0.3 is 0 Å². The fourth-order valence-corrected chi connectivity index (χ4v) is 2.82. The summed E-state index contributed by atoms with van der Waals surface area (Å²) in [5.74, 6) is -0.575. The van der Waals surface area contributed by atoms with Crippen LogP contribution in [-0.2, 0) is 12.8 Å². The van der Waals surface area contributed by atoms with Crippen molar-refractivity contribution < 1.29 is 8.78 Å². The van der Waals surface area contributed by atoms with Gasteiger partial charge in [0.05, 0.1) is 11.4 Å². The van der Waals surface area contributed by atoms with Crippen LogP contribution in [0.5, 0.6) is 0 Å². The van der Waals surface area contributed by atoms with E-state index in [1.54, 1.807) is 22.8 Å². The number of halogens is 2. The second kappa shape index (κ2) is 5.84. The number of aromatic nitrogens is 5. The van der Waals surface area contributed by atoms with Crippen molar-refractivity contribution in [2.24, 2.45) is 0 Å². The van der Waals surface area contributed by atoms with E-state index in [0.29, 0.717) is 29.7 Å². The highest BCUT2D eigenvalue weighted by Gasteiger charge is 2.11. The molecule has 0 aliphatic carbocycles. The van der Waals surface area contributed by atoms with Crippen molar-refractivity contribution in [2.45, 2.75) is 26.7 Å². The Labute approximate surface area is 142 Å². The number of aryl methyl sites for hydroxylation is 4. The molecule has 7 heteroatoms. The first-order chi connectivity index (χ1) is 12.0. The summed E-state index contributed by atoms with van der Waals surface area (Å²) in [4.78, 5) is 13.1. The van der Waals surface area contributed by atoms with Gasteiger partial charge in [-0.05, 0) is 32.4 Å². The lowest BCUT2D eigenvalue weighted by molar-refractivity contribution is 0.590. The number of benzene rings is 1. The quantitative estimate of drug-likeness (QED) is 0.574. The van der Waals surface area contributed by atoms with Crippen LogP contribution in [0.3, 0.4) is 0 Å². The topological polar surface area (TPSA) is 56.0 Å². The minimum absolute atomic E-state index is 0.178.